The van der Waals surface area contributed by atoms with E-state index in [9.17, 15) is 27.2 Å². The zero-order valence-electron chi connectivity index (χ0n) is 20.2. The maximum Gasteiger partial charge on any atom is 0.415 e. The number of piperidine rings is 3. The number of anilines is 1. The molecule has 2 bridgehead atoms. The number of carbonyl (C=O) groups is 2. The zero-order chi connectivity index (χ0) is 26.2. The van der Waals surface area contributed by atoms with Crippen LogP contribution in [0.3, 0.4) is 0 Å². The van der Waals surface area contributed by atoms with Crippen molar-refractivity contribution in [2.75, 3.05) is 31.1 Å². The van der Waals surface area contributed by atoms with Gasteiger partial charge in [-0.05, 0) is 47.3 Å². The summed E-state index contributed by atoms with van der Waals surface area (Å²) in [6, 6.07) is 10.4. The van der Waals surface area contributed by atoms with Crippen molar-refractivity contribution < 1.29 is 48.8 Å². The number of thiophene rings is 1. The van der Waals surface area contributed by atoms with Crippen molar-refractivity contribution in [2.45, 2.75) is 25.5 Å². The van der Waals surface area contributed by atoms with Crippen LogP contribution in [-0.4, -0.2) is 48.6 Å². The topological polar surface area (TPSA) is 46.6 Å². The number of Topliss-reactive ketones (excluding diaryl/α,β-unsaturated/α-hetero) is 1. The van der Waals surface area contributed by atoms with Crippen LogP contribution in [0.15, 0.2) is 53.9 Å². The van der Waals surface area contributed by atoms with E-state index in [4.69, 9.17) is 4.74 Å². The van der Waals surface area contributed by atoms with Gasteiger partial charge < -0.3 is 21.6 Å². The fraction of sp³-hybridized carbons (Fsp3) is 0.333. The van der Waals surface area contributed by atoms with Crippen molar-refractivity contribution in [3.63, 3.8) is 0 Å². The minimum absolute atomic E-state index is 0. The van der Waals surface area contributed by atoms with Gasteiger partial charge in [-0.15, -0.1) is 11.3 Å². The smallest absolute Gasteiger partial charge is 0.415 e. The Hall–Kier alpha value is -2.95. The van der Waals surface area contributed by atoms with Crippen LogP contribution >= 0.6 is 11.3 Å². The number of benzene rings is 2. The molecule has 0 N–H and O–H groups in total. The molecule has 3 aliphatic rings. The number of amides is 1. The van der Waals surface area contributed by atoms with E-state index in [1.807, 2.05) is 11.4 Å². The average molecular weight is 569 g/mol. The molecule has 1 atom stereocenters. The molecule has 0 aliphatic carbocycles. The Labute approximate surface area is 227 Å². The van der Waals surface area contributed by atoms with Crippen LogP contribution in [0.25, 0.3) is 0 Å². The second-order valence-electron chi connectivity index (χ2n) is 9.73. The first-order chi connectivity index (χ1) is 17.7. The van der Waals surface area contributed by atoms with Crippen molar-refractivity contribution in [1.29, 1.82) is 0 Å². The van der Waals surface area contributed by atoms with Gasteiger partial charge in [-0.3, -0.25) is 9.69 Å². The van der Waals surface area contributed by atoms with Crippen molar-refractivity contribution in [2.24, 2.45) is 5.92 Å². The van der Waals surface area contributed by atoms with Gasteiger partial charge in [0.2, 0.25) is 5.78 Å². The van der Waals surface area contributed by atoms with E-state index in [0.29, 0.717) is 22.4 Å². The van der Waals surface area contributed by atoms with Crippen LogP contribution in [0.5, 0.6) is 0 Å². The Kier molecular flexibility index (Phi) is 8.44. The van der Waals surface area contributed by atoms with Gasteiger partial charge in [-0.25, -0.2) is 22.4 Å². The highest BCUT2D eigenvalue weighted by molar-refractivity contribution is 7.12. The average Bonchev–Trinajstić information content (AvgIpc) is 3.41. The highest BCUT2D eigenvalue weighted by Crippen LogP contribution is 2.36. The van der Waals surface area contributed by atoms with E-state index in [-0.39, 0.29) is 41.9 Å². The third-order valence-electron chi connectivity index (χ3n) is 7.29. The molecule has 3 aliphatic heterocycles. The monoisotopic (exact) mass is 568 g/mol. The van der Waals surface area contributed by atoms with Crippen LogP contribution in [0.1, 0.15) is 28.1 Å². The molecule has 0 unspecified atom stereocenters. The van der Waals surface area contributed by atoms with E-state index in [2.05, 4.69) is 0 Å². The number of ether oxygens (including phenoxy) is 1. The van der Waals surface area contributed by atoms with Crippen LogP contribution in [0.2, 0.25) is 0 Å². The second-order valence-corrected chi connectivity index (χ2v) is 10.7. The Morgan fingerprint density at radius 2 is 1.71 bits per heavy atom. The molecule has 2 aromatic carbocycles. The van der Waals surface area contributed by atoms with Crippen LogP contribution in [0.4, 0.5) is 28.0 Å². The number of ketones is 1. The molecule has 4 heterocycles. The third-order valence-corrected chi connectivity index (χ3v) is 8.20. The molecule has 1 amide bonds. The van der Waals surface area contributed by atoms with Gasteiger partial charge in [0.05, 0.1) is 30.2 Å². The van der Waals surface area contributed by atoms with E-state index >= 15 is 0 Å². The van der Waals surface area contributed by atoms with E-state index in [1.165, 1.54) is 29.5 Å². The van der Waals surface area contributed by atoms with Crippen molar-refractivity contribution >= 4 is 28.9 Å². The summed E-state index contributed by atoms with van der Waals surface area (Å²) >= 11 is 1.40. The maximum atomic E-state index is 14.0. The van der Waals surface area contributed by atoms with Crippen molar-refractivity contribution in [3.8, 4) is 0 Å². The van der Waals surface area contributed by atoms with E-state index in [0.717, 1.165) is 49.0 Å². The number of rotatable bonds is 7. The zero-order valence-corrected chi connectivity index (χ0v) is 21.8. The molecular weight excluding hydrogens is 544 g/mol. The molecule has 11 heteroatoms. The summed E-state index contributed by atoms with van der Waals surface area (Å²) in [4.78, 5) is 28.0. The lowest BCUT2D eigenvalue weighted by molar-refractivity contribution is -0.938. The van der Waals surface area contributed by atoms with Gasteiger partial charge in [0.25, 0.3) is 0 Å². The predicted octanol–water partition coefficient (Wildman–Crippen LogP) is 2.94. The summed E-state index contributed by atoms with van der Waals surface area (Å²) in [5, 5.41) is 1.86. The summed E-state index contributed by atoms with van der Waals surface area (Å²) in [6.45, 7) is 2.08. The van der Waals surface area contributed by atoms with Gasteiger partial charge in [-0.2, -0.15) is 0 Å². The number of hydrogen-bond acceptors (Lipinski definition) is 4. The standard InChI is InChI=1S/C27H25F4N2O3S.ClH/c28-19-3-1-4-20(13-19)32(14-17-11-21(29)26(31)22(30)12-17)27(35)36-24-16-33(8-6-18(24)7-9-33)15-23(34)25-5-2-10-37-25;/h1-5,10-13,18,24H,6-9,14-16H2;1H/q+1;/p-1/t18?,24-,33?;/m0./s1. The maximum absolute atomic E-state index is 14.0. The molecule has 202 valence electrons. The molecule has 38 heavy (non-hydrogen) atoms. The molecule has 3 aromatic rings. The van der Waals surface area contributed by atoms with Gasteiger partial charge >= 0.3 is 6.09 Å². The lowest BCUT2D eigenvalue weighted by atomic mass is 9.83. The summed E-state index contributed by atoms with van der Waals surface area (Å²) in [5.74, 6) is -4.81. The Balaban J connectivity index is 0.00000336. The molecule has 5 nitrogen and oxygen atoms in total. The van der Waals surface area contributed by atoms with Crippen LogP contribution in [-0.2, 0) is 11.3 Å². The van der Waals surface area contributed by atoms with Gasteiger partial charge in [0.15, 0.2) is 23.6 Å². The predicted molar refractivity (Wildman–Crippen MR) is 130 cm³/mol. The van der Waals surface area contributed by atoms with E-state index < -0.39 is 35.5 Å². The molecule has 0 radical (unpaired) electrons. The molecule has 1 aromatic heterocycles. The highest BCUT2D eigenvalue weighted by atomic mass is 35.5. The second kappa shape index (κ2) is 11.4. The lowest BCUT2D eigenvalue weighted by Crippen LogP contribution is -3.00. The van der Waals surface area contributed by atoms with Gasteiger partial charge in [-0.1, -0.05) is 12.1 Å². The third kappa shape index (κ3) is 5.87. The minimum Gasteiger partial charge on any atom is -1.00 e. The number of carbonyl (C=O) groups excluding carboxylic acids is 2. The largest absolute Gasteiger partial charge is 1.00 e. The minimum atomic E-state index is -1.61. The van der Waals surface area contributed by atoms with Crippen LogP contribution in [0, 0.1) is 29.2 Å². The first kappa shape index (κ1) is 28.1. The van der Waals surface area contributed by atoms with E-state index in [1.54, 1.807) is 6.07 Å². The first-order valence-electron chi connectivity index (χ1n) is 12.0. The molecule has 0 spiro atoms. The number of nitrogens with zero attached hydrogens (tertiary/aromatic N) is 2. The number of quaternary nitrogens is 1. The van der Waals surface area contributed by atoms with Crippen LogP contribution < -0.4 is 17.3 Å². The normalized spacial score (nSPS) is 22.0. The van der Waals surface area contributed by atoms with Crippen molar-refractivity contribution in [1.82, 2.24) is 0 Å². The number of fused-ring (bicyclic) bond motifs is 3. The highest BCUT2D eigenvalue weighted by Gasteiger charge is 2.49. The summed E-state index contributed by atoms with van der Waals surface area (Å²) in [7, 11) is 0. The Morgan fingerprint density at radius 1 is 1.00 bits per heavy atom. The molecule has 3 fully saturated rings. The molecule has 6 rings (SSSR count). The lowest BCUT2D eigenvalue weighted by Gasteiger charge is -2.51. The summed E-state index contributed by atoms with van der Waals surface area (Å²) in [6.07, 6.45) is 0.315. The molecular formula is C27H25ClF4N2O3S. The molecule has 3 saturated heterocycles. The number of hydrogen-bond donors (Lipinski definition) is 0. The van der Waals surface area contributed by atoms with Crippen molar-refractivity contribution in [3.05, 3.63) is 87.6 Å². The summed E-state index contributed by atoms with van der Waals surface area (Å²) < 4.78 is 61.6. The Morgan fingerprint density at radius 3 is 2.34 bits per heavy atom. The quantitative estimate of drug-likeness (QED) is 0.191. The van der Waals surface area contributed by atoms with Gasteiger partial charge in [0.1, 0.15) is 18.9 Å². The van der Waals surface area contributed by atoms with Gasteiger partial charge in [0, 0.05) is 18.8 Å². The Bertz CT molecular complexity index is 1290. The molecule has 0 saturated carbocycles. The fourth-order valence-corrected chi connectivity index (χ4v) is 6.03. The summed E-state index contributed by atoms with van der Waals surface area (Å²) in [5.41, 5.74) is 0.116. The SMILES string of the molecule is O=C(C[N+]12CCC(CC1)[C@@H](OC(=O)N(Cc1cc(F)c(F)c(F)c1)c1cccc(F)c1)C2)c1cccs1.[Cl-]. The first-order valence-corrected chi connectivity index (χ1v) is 12.9. The fourth-order valence-electron chi connectivity index (χ4n) is 5.38. The number of halogens is 5.